The summed E-state index contributed by atoms with van der Waals surface area (Å²) in [6, 6.07) is 8.90. The SMILES string of the molecule is CCCCCC[C@@H](C)NC(=O)CSc1nnc(-c2c[nH]c3ccccc23)n1C1CC1. The van der Waals surface area contributed by atoms with Crippen LogP contribution < -0.4 is 5.32 Å². The lowest BCUT2D eigenvalue weighted by Crippen LogP contribution is -2.33. The Bertz CT molecular complexity index is 991. The predicted molar refractivity (Wildman–Crippen MR) is 123 cm³/mol. The molecule has 1 atom stereocenters. The van der Waals surface area contributed by atoms with Crippen molar-refractivity contribution in [3.8, 4) is 11.4 Å². The maximum atomic E-state index is 12.4. The van der Waals surface area contributed by atoms with E-state index in [4.69, 9.17) is 0 Å². The van der Waals surface area contributed by atoms with Crippen LogP contribution in [0.1, 0.15) is 64.8 Å². The molecule has 2 heterocycles. The molecule has 3 aromatic rings. The third kappa shape index (κ3) is 4.89. The summed E-state index contributed by atoms with van der Waals surface area (Å²) in [5, 5.41) is 14.1. The van der Waals surface area contributed by atoms with Crippen molar-refractivity contribution in [3.05, 3.63) is 30.5 Å². The molecule has 160 valence electrons. The van der Waals surface area contributed by atoms with Crippen LogP contribution in [-0.4, -0.2) is 37.5 Å². The predicted octanol–water partition coefficient (Wildman–Crippen LogP) is 5.33. The number of aromatic amines is 1. The molecule has 6 nitrogen and oxygen atoms in total. The standard InChI is InChI=1S/C23H31N5OS/c1-3-4-5-6-9-16(2)25-21(29)15-30-23-27-26-22(28(23)17-12-13-17)19-14-24-20-11-8-7-10-18(19)20/h7-8,10-11,14,16-17,24H,3-6,9,12-13,15H2,1-2H3,(H,25,29)/t16-/m1/s1. The third-order valence-electron chi connectivity index (χ3n) is 5.64. The van der Waals surface area contributed by atoms with Gasteiger partial charge in [-0.3, -0.25) is 9.36 Å². The summed E-state index contributed by atoms with van der Waals surface area (Å²) in [7, 11) is 0. The van der Waals surface area contributed by atoms with Crippen molar-refractivity contribution in [3.63, 3.8) is 0 Å². The number of benzene rings is 1. The first-order valence-corrected chi connectivity index (χ1v) is 12.1. The fraction of sp³-hybridized carbons (Fsp3) is 0.522. The minimum absolute atomic E-state index is 0.0713. The van der Waals surface area contributed by atoms with Crippen molar-refractivity contribution in [1.82, 2.24) is 25.1 Å². The number of fused-ring (bicyclic) bond motifs is 1. The largest absolute Gasteiger partial charge is 0.360 e. The molecule has 1 aromatic carbocycles. The van der Waals surface area contributed by atoms with Crippen LogP contribution in [0.5, 0.6) is 0 Å². The van der Waals surface area contributed by atoms with Gasteiger partial charge in [-0.05, 0) is 32.3 Å². The van der Waals surface area contributed by atoms with E-state index in [1.807, 2.05) is 18.3 Å². The van der Waals surface area contributed by atoms with Crippen LogP contribution in [0.2, 0.25) is 0 Å². The summed E-state index contributed by atoms with van der Waals surface area (Å²) < 4.78 is 2.22. The highest BCUT2D eigenvalue weighted by Crippen LogP contribution is 2.42. The van der Waals surface area contributed by atoms with Crippen LogP contribution in [0, 0.1) is 0 Å². The van der Waals surface area contributed by atoms with Crippen LogP contribution >= 0.6 is 11.8 Å². The number of aromatic nitrogens is 4. The maximum absolute atomic E-state index is 12.4. The van der Waals surface area contributed by atoms with Gasteiger partial charge < -0.3 is 10.3 Å². The summed E-state index contributed by atoms with van der Waals surface area (Å²) in [6.45, 7) is 4.31. The van der Waals surface area contributed by atoms with E-state index in [1.54, 1.807) is 0 Å². The monoisotopic (exact) mass is 425 g/mol. The summed E-state index contributed by atoms with van der Waals surface area (Å²) >= 11 is 1.49. The number of unbranched alkanes of at least 4 members (excludes halogenated alkanes) is 3. The molecule has 0 saturated heterocycles. The van der Waals surface area contributed by atoms with Crippen LogP contribution in [0.4, 0.5) is 0 Å². The molecule has 1 saturated carbocycles. The average molecular weight is 426 g/mol. The van der Waals surface area contributed by atoms with E-state index >= 15 is 0 Å². The molecule has 1 amide bonds. The maximum Gasteiger partial charge on any atom is 0.230 e. The van der Waals surface area contributed by atoms with E-state index < -0.39 is 0 Å². The van der Waals surface area contributed by atoms with Crippen molar-refractivity contribution in [1.29, 1.82) is 0 Å². The van der Waals surface area contributed by atoms with Gasteiger partial charge in [-0.2, -0.15) is 0 Å². The smallest absolute Gasteiger partial charge is 0.230 e. The van der Waals surface area contributed by atoms with E-state index in [2.05, 4.69) is 51.0 Å². The van der Waals surface area contributed by atoms with Gasteiger partial charge in [0.2, 0.25) is 5.91 Å². The van der Waals surface area contributed by atoms with Crippen LogP contribution in [0.3, 0.4) is 0 Å². The Morgan fingerprint density at radius 1 is 1.27 bits per heavy atom. The molecule has 30 heavy (non-hydrogen) atoms. The quantitative estimate of drug-likeness (QED) is 0.322. The Morgan fingerprint density at radius 3 is 2.90 bits per heavy atom. The van der Waals surface area contributed by atoms with Crippen molar-refractivity contribution >= 4 is 28.6 Å². The van der Waals surface area contributed by atoms with Crippen molar-refractivity contribution in [2.45, 2.75) is 76.0 Å². The number of H-pyrrole nitrogens is 1. The zero-order chi connectivity index (χ0) is 20.9. The fourth-order valence-corrected chi connectivity index (χ4v) is 4.69. The van der Waals surface area contributed by atoms with Gasteiger partial charge in [0.05, 0.1) is 5.75 Å². The van der Waals surface area contributed by atoms with Crippen LogP contribution in [0.25, 0.3) is 22.3 Å². The molecule has 1 fully saturated rings. The highest BCUT2D eigenvalue weighted by molar-refractivity contribution is 7.99. The lowest BCUT2D eigenvalue weighted by atomic mass is 10.1. The number of hydrogen-bond donors (Lipinski definition) is 2. The second-order valence-electron chi connectivity index (χ2n) is 8.26. The highest BCUT2D eigenvalue weighted by atomic mass is 32.2. The molecular weight excluding hydrogens is 394 g/mol. The molecule has 1 aliphatic rings. The van der Waals surface area contributed by atoms with Crippen LogP contribution in [0.15, 0.2) is 35.6 Å². The van der Waals surface area contributed by atoms with Gasteiger partial charge in [-0.25, -0.2) is 0 Å². The van der Waals surface area contributed by atoms with E-state index in [1.165, 1.54) is 37.4 Å². The van der Waals surface area contributed by atoms with Gasteiger partial charge in [0, 0.05) is 34.7 Å². The van der Waals surface area contributed by atoms with Crippen molar-refractivity contribution in [2.24, 2.45) is 0 Å². The Kier molecular flexibility index (Phi) is 6.77. The van der Waals surface area contributed by atoms with E-state index in [9.17, 15) is 4.79 Å². The number of rotatable bonds is 11. The summed E-state index contributed by atoms with van der Waals surface area (Å²) in [6.07, 6.45) is 10.3. The number of nitrogens with zero attached hydrogens (tertiary/aromatic N) is 3. The molecule has 4 rings (SSSR count). The van der Waals surface area contributed by atoms with Gasteiger partial charge in [-0.1, -0.05) is 62.6 Å². The number of hydrogen-bond acceptors (Lipinski definition) is 4. The molecule has 2 N–H and O–H groups in total. The topological polar surface area (TPSA) is 75.6 Å². The van der Waals surface area contributed by atoms with Gasteiger partial charge in [0.25, 0.3) is 0 Å². The third-order valence-corrected chi connectivity index (χ3v) is 6.58. The first-order chi connectivity index (χ1) is 14.7. The highest BCUT2D eigenvalue weighted by Gasteiger charge is 2.31. The van der Waals surface area contributed by atoms with E-state index in [-0.39, 0.29) is 11.9 Å². The minimum Gasteiger partial charge on any atom is -0.360 e. The number of amides is 1. The van der Waals surface area contributed by atoms with E-state index in [0.717, 1.165) is 46.7 Å². The lowest BCUT2D eigenvalue weighted by Gasteiger charge is -2.14. The molecular formula is C23H31N5OS. The molecule has 1 aliphatic carbocycles. The van der Waals surface area contributed by atoms with E-state index in [0.29, 0.717) is 11.8 Å². The number of thioether (sulfide) groups is 1. The molecule has 7 heteroatoms. The molecule has 0 aliphatic heterocycles. The summed E-state index contributed by atoms with van der Waals surface area (Å²) in [4.78, 5) is 15.8. The Labute approximate surface area is 182 Å². The number of carbonyl (C=O) groups is 1. The molecule has 0 unspecified atom stereocenters. The van der Waals surface area contributed by atoms with Crippen LogP contribution in [-0.2, 0) is 4.79 Å². The normalized spacial score (nSPS) is 14.9. The second kappa shape index (κ2) is 9.69. The molecule has 2 aromatic heterocycles. The summed E-state index contributed by atoms with van der Waals surface area (Å²) in [5.74, 6) is 1.34. The lowest BCUT2D eigenvalue weighted by molar-refractivity contribution is -0.119. The number of para-hydroxylation sites is 1. The van der Waals surface area contributed by atoms with Gasteiger partial charge in [0.15, 0.2) is 11.0 Å². The number of carbonyl (C=O) groups excluding carboxylic acids is 1. The van der Waals surface area contributed by atoms with Gasteiger partial charge >= 0.3 is 0 Å². The van der Waals surface area contributed by atoms with Crippen molar-refractivity contribution < 1.29 is 4.79 Å². The first kappa shape index (κ1) is 21.0. The first-order valence-electron chi connectivity index (χ1n) is 11.1. The zero-order valence-electron chi connectivity index (χ0n) is 17.9. The minimum atomic E-state index is 0.0713. The van der Waals surface area contributed by atoms with Crippen molar-refractivity contribution in [2.75, 3.05) is 5.75 Å². The molecule has 0 spiro atoms. The zero-order valence-corrected chi connectivity index (χ0v) is 18.7. The number of nitrogens with one attached hydrogen (secondary N) is 2. The van der Waals surface area contributed by atoms with Gasteiger partial charge in [0.1, 0.15) is 0 Å². The van der Waals surface area contributed by atoms with Gasteiger partial charge in [-0.15, -0.1) is 10.2 Å². The summed E-state index contributed by atoms with van der Waals surface area (Å²) in [5.41, 5.74) is 2.17. The molecule has 0 bridgehead atoms. The Balaban J connectivity index is 1.40. The Hall–Kier alpha value is -2.28. The molecule has 0 radical (unpaired) electrons. The second-order valence-corrected chi connectivity index (χ2v) is 9.20. The average Bonchev–Trinajstić information content (AvgIpc) is 3.35. The fourth-order valence-electron chi connectivity index (χ4n) is 3.87. The Morgan fingerprint density at radius 2 is 2.10 bits per heavy atom.